The van der Waals surface area contributed by atoms with Crippen LogP contribution in [0, 0.1) is 0 Å². The van der Waals surface area contributed by atoms with E-state index in [4.69, 9.17) is 4.74 Å². The number of rotatable bonds is 5. The molecule has 2 heterocycles. The van der Waals surface area contributed by atoms with Crippen LogP contribution in [0.25, 0.3) is 11.2 Å². The minimum atomic E-state index is 0.486. The number of hydrogen-bond donors (Lipinski definition) is 1. The van der Waals surface area contributed by atoms with Gasteiger partial charge in [0.15, 0.2) is 5.65 Å². The number of nitrogens with zero attached hydrogens (tertiary/aromatic N) is 2. The topological polar surface area (TPSA) is 50.8 Å². The second kappa shape index (κ2) is 5.17. The second-order valence-corrected chi connectivity index (χ2v) is 4.09. The van der Waals surface area contributed by atoms with Gasteiger partial charge in [0.25, 0.3) is 0 Å². The molecule has 17 heavy (non-hydrogen) atoms. The highest BCUT2D eigenvalue weighted by molar-refractivity contribution is 5.71. The molecule has 0 atom stereocenters. The maximum atomic E-state index is 5.37. The standard InChI is InChI=1S/C13H19N3O/c1-4-9(5-2)12-14-10-7-8-11(17-6-3)15-13(10)16-12/h7-9H,4-6H2,1-3H3,(H,14,15,16). The van der Waals surface area contributed by atoms with Crippen molar-refractivity contribution in [2.75, 3.05) is 6.61 Å². The van der Waals surface area contributed by atoms with Crippen molar-refractivity contribution < 1.29 is 4.74 Å². The first kappa shape index (κ1) is 11.9. The molecular formula is C13H19N3O. The van der Waals surface area contributed by atoms with Gasteiger partial charge in [-0.1, -0.05) is 13.8 Å². The predicted molar refractivity (Wildman–Crippen MR) is 68.4 cm³/mol. The smallest absolute Gasteiger partial charge is 0.215 e. The molecular weight excluding hydrogens is 214 g/mol. The molecule has 0 radical (unpaired) electrons. The number of pyridine rings is 1. The number of nitrogens with one attached hydrogen (secondary N) is 1. The molecule has 1 N–H and O–H groups in total. The minimum absolute atomic E-state index is 0.486. The van der Waals surface area contributed by atoms with E-state index in [1.807, 2.05) is 19.1 Å². The summed E-state index contributed by atoms with van der Waals surface area (Å²) in [6.45, 7) is 6.94. The van der Waals surface area contributed by atoms with Crippen LogP contribution in [-0.2, 0) is 0 Å². The lowest BCUT2D eigenvalue weighted by atomic mass is 10.0. The van der Waals surface area contributed by atoms with Crippen molar-refractivity contribution in [1.29, 1.82) is 0 Å². The Morgan fingerprint density at radius 2 is 1.94 bits per heavy atom. The summed E-state index contributed by atoms with van der Waals surface area (Å²) in [5.74, 6) is 2.16. The van der Waals surface area contributed by atoms with Gasteiger partial charge >= 0.3 is 0 Å². The molecule has 4 heteroatoms. The average molecular weight is 233 g/mol. The zero-order valence-corrected chi connectivity index (χ0v) is 10.7. The van der Waals surface area contributed by atoms with Crippen molar-refractivity contribution in [2.45, 2.75) is 39.5 Å². The Hall–Kier alpha value is -1.58. The van der Waals surface area contributed by atoms with E-state index in [1.165, 1.54) is 0 Å². The summed E-state index contributed by atoms with van der Waals surface area (Å²) in [5, 5.41) is 0. The third kappa shape index (κ3) is 2.40. The largest absolute Gasteiger partial charge is 0.478 e. The number of fused-ring (bicyclic) bond motifs is 1. The second-order valence-electron chi connectivity index (χ2n) is 4.09. The molecule has 0 aliphatic heterocycles. The highest BCUT2D eigenvalue weighted by atomic mass is 16.5. The lowest BCUT2D eigenvalue weighted by molar-refractivity contribution is 0.328. The first-order chi connectivity index (χ1) is 8.28. The van der Waals surface area contributed by atoms with E-state index in [9.17, 15) is 0 Å². The molecule has 92 valence electrons. The zero-order chi connectivity index (χ0) is 12.3. The van der Waals surface area contributed by atoms with Gasteiger partial charge in [-0.15, -0.1) is 0 Å². The van der Waals surface area contributed by atoms with Crippen LogP contribution in [0.5, 0.6) is 5.88 Å². The Morgan fingerprint density at radius 3 is 2.59 bits per heavy atom. The Labute approximate surface area is 101 Å². The van der Waals surface area contributed by atoms with Gasteiger partial charge in [0.1, 0.15) is 5.82 Å². The van der Waals surface area contributed by atoms with E-state index >= 15 is 0 Å². The van der Waals surface area contributed by atoms with Gasteiger partial charge in [0.2, 0.25) is 5.88 Å². The maximum Gasteiger partial charge on any atom is 0.215 e. The van der Waals surface area contributed by atoms with E-state index in [-0.39, 0.29) is 0 Å². The lowest BCUT2D eigenvalue weighted by Crippen LogP contribution is -1.97. The molecule has 2 aromatic heterocycles. The molecule has 0 spiro atoms. The highest BCUT2D eigenvalue weighted by Crippen LogP contribution is 2.23. The Kier molecular flexibility index (Phi) is 3.61. The van der Waals surface area contributed by atoms with E-state index in [0.29, 0.717) is 18.4 Å². The molecule has 4 nitrogen and oxygen atoms in total. The Balaban J connectivity index is 2.36. The summed E-state index contributed by atoms with van der Waals surface area (Å²) >= 11 is 0. The summed E-state index contributed by atoms with van der Waals surface area (Å²) in [6, 6.07) is 3.85. The third-order valence-electron chi connectivity index (χ3n) is 3.00. The molecule has 2 rings (SSSR count). The van der Waals surface area contributed by atoms with Gasteiger partial charge in [0, 0.05) is 12.0 Å². The molecule has 0 fully saturated rings. The molecule has 2 aromatic rings. The SMILES string of the molecule is CCOc1ccc2[nH]c(C(CC)CC)nc2n1. The van der Waals surface area contributed by atoms with Crippen LogP contribution in [0.2, 0.25) is 0 Å². The third-order valence-corrected chi connectivity index (χ3v) is 3.00. The molecule has 0 saturated carbocycles. The van der Waals surface area contributed by atoms with Crippen LogP contribution < -0.4 is 4.74 Å². The fourth-order valence-electron chi connectivity index (χ4n) is 1.99. The van der Waals surface area contributed by atoms with Gasteiger partial charge < -0.3 is 9.72 Å². The van der Waals surface area contributed by atoms with E-state index < -0.39 is 0 Å². The van der Waals surface area contributed by atoms with Crippen LogP contribution in [0.15, 0.2) is 12.1 Å². The van der Waals surface area contributed by atoms with Gasteiger partial charge in [-0.3, -0.25) is 0 Å². The van der Waals surface area contributed by atoms with Crippen LogP contribution in [0.3, 0.4) is 0 Å². The number of aromatic nitrogens is 3. The van der Waals surface area contributed by atoms with Crippen LogP contribution in [0.1, 0.15) is 45.4 Å². The van der Waals surface area contributed by atoms with Crippen molar-refractivity contribution in [2.24, 2.45) is 0 Å². The molecule has 0 amide bonds. The number of ether oxygens (including phenoxy) is 1. The lowest BCUT2D eigenvalue weighted by Gasteiger charge is -2.06. The van der Waals surface area contributed by atoms with Crippen LogP contribution in [-0.4, -0.2) is 21.6 Å². The molecule has 0 aliphatic carbocycles. The fourth-order valence-corrected chi connectivity index (χ4v) is 1.99. The predicted octanol–water partition coefficient (Wildman–Crippen LogP) is 3.26. The van der Waals surface area contributed by atoms with Crippen molar-refractivity contribution >= 4 is 11.2 Å². The molecule has 0 saturated heterocycles. The number of aromatic amines is 1. The molecule has 0 aromatic carbocycles. The fraction of sp³-hybridized carbons (Fsp3) is 0.538. The summed E-state index contributed by atoms with van der Waals surface area (Å²) in [5.41, 5.74) is 1.73. The maximum absolute atomic E-state index is 5.37. The van der Waals surface area contributed by atoms with Crippen molar-refractivity contribution in [1.82, 2.24) is 15.0 Å². The summed E-state index contributed by atoms with van der Waals surface area (Å²) in [7, 11) is 0. The number of imidazole rings is 1. The molecule has 0 bridgehead atoms. The van der Waals surface area contributed by atoms with E-state index in [2.05, 4.69) is 28.8 Å². The zero-order valence-electron chi connectivity index (χ0n) is 10.7. The van der Waals surface area contributed by atoms with E-state index in [1.54, 1.807) is 0 Å². The van der Waals surface area contributed by atoms with Crippen LogP contribution >= 0.6 is 0 Å². The monoisotopic (exact) mass is 233 g/mol. The Bertz CT molecular complexity index is 488. The first-order valence-electron chi connectivity index (χ1n) is 6.27. The van der Waals surface area contributed by atoms with Gasteiger partial charge in [-0.05, 0) is 25.8 Å². The van der Waals surface area contributed by atoms with Gasteiger partial charge in [-0.2, -0.15) is 4.98 Å². The first-order valence-corrected chi connectivity index (χ1v) is 6.27. The van der Waals surface area contributed by atoms with Crippen molar-refractivity contribution in [3.63, 3.8) is 0 Å². The number of H-pyrrole nitrogens is 1. The summed E-state index contributed by atoms with van der Waals surface area (Å²) < 4.78 is 5.37. The van der Waals surface area contributed by atoms with Crippen molar-refractivity contribution in [3.8, 4) is 5.88 Å². The quantitative estimate of drug-likeness (QED) is 0.862. The van der Waals surface area contributed by atoms with Crippen molar-refractivity contribution in [3.05, 3.63) is 18.0 Å². The van der Waals surface area contributed by atoms with Crippen LogP contribution in [0.4, 0.5) is 0 Å². The molecule has 0 aliphatic rings. The van der Waals surface area contributed by atoms with E-state index in [0.717, 1.165) is 29.8 Å². The van der Waals surface area contributed by atoms with Gasteiger partial charge in [-0.25, -0.2) is 4.98 Å². The highest BCUT2D eigenvalue weighted by Gasteiger charge is 2.12. The molecule has 0 unspecified atom stereocenters. The normalized spacial score (nSPS) is 11.3. The number of hydrogen-bond acceptors (Lipinski definition) is 3. The van der Waals surface area contributed by atoms with Gasteiger partial charge in [0.05, 0.1) is 12.1 Å². The minimum Gasteiger partial charge on any atom is -0.478 e. The average Bonchev–Trinajstić information content (AvgIpc) is 2.74. The summed E-state index contributed by atoms with van der Waals surface area (Å²) in [6.07, 6.45) is 2.18. The Morgan fingerprint density at radius 1 is 1.18 bits per heavy atom. The summed E-state index contributed by atoms with van der Waals surface area (Å²) in [4.78, 5) is 12.3.